The molecule has 0 N–H and O–H groups in total. The van der Waals surface area contributed by atoms with Gasteiger partial charge in [0.2, 0.25) is 0 Å². The average molecular weight is 579 g/mol. The Morgan fingerprint density at radius 1 is 0.410 bits per heavy atom. The Labute approximate surface area is 239 Å². The molecule has 0 aliphatic carbocycles. The normalized spacial score (nSPS) is 7.44. The maximum atomic E-state index is 10.0. The van der Waals surface area contributed by atoms with Gasteiger partial charge in [0.05, 0.1) is 33.5 Å². The van der Waals surface area contributed by atoms with Crippen LogP contribution in [0.1, 0.15) is 91.0 Å². The maximum Gasteiger partial charge on any atom is 0.302 e. The zero-order valence-corrected chi connectivity index (χ0v) is 23.1. The summed E-state index contributed by atoms with van der Waals surface area (Å²) in [5.41, 5.74) is 0. The second-order valence-electron chi connectivity index (χ2n) is 6.04. The standard InChI is InChI=1S/2C5H10O3.2C5H10O2.C3H6O2.4CH4/c2*1-5(6)8-4-3-7-2;2*1-3-4-7-5(2)6;1-3(4)5-2;;;;/h2*3-4H2,1-2H3;2*3-4H2,1-2H3;1-2H3;4*1H4. The van der Waals surface area contributed by atoms with Crippen molar-refractivity contribution in [3.05, 3.63) is 0 Å². The predicted octanol–water partition coefficient (Wildman–Crippen LogP) is 5.03. The Hall–Kier alpha value is -2.73. The molecule has 0 aromatic rings. The van der Waals surface area contributed by atoms with Crippen LogP contribution >= 0.6 is 0 Å². The molecule has 0 saturated heterocycles. The number of ether oxygens (including phenoxy) is 7. The summed E-state index contributed by atoms with van der Waals surface area (Å²) in [6.07, 6.45) is 1.80. The first kappa shape index (κ1) is 60.7. The first-order valence-corrected chi connectivity index (χ1v) is 10.9. The van der Waals surface area contributed by atoms with Crippen LogP contribution in [0.25, 0.3) is 0 Å². The molecule has 0 radical (unpaired) electrons. The summed E-state index contributed by atoms with van der Waals surface area (Å²) >= 11 is 0. The molecule has 12 nitrogen and oxygen atoms in total. The van der Waals surface area contributed by atoms with E-state index in [2.05, 4.69) is 33.2 Å². The third kappa shape index (κ3) is 131. The van der Waals surface area contributed by atoms with Crippen molar-refractivity contribution in [2.75, 3.05) is 61.0 Å². The van der Waals surface area contributed by atoms with E-state index in [-0.39, 0.29) is 59.6 Å². The van der Waals surface area contributed by atoms with Gasteiger partial charge in [-0.05, 0) is 12.8 Å². The number of methoxy groups -OCH3 is 3. The SMILES string of the molecule is C.C.C.C.CCCOC(C)=O.CCCOC(C)=O.COC(C)=O.COCCOC(C)=O.COCCOC(C)=O. The van der Waals surface area contributed by atoms with E-state index in [0.717, 1.165) is 12.8 Å². The van der Waals surface area contributed by atoms with Gasteiger partial charge in [-0.15, -0.1) is 0 Å². The lowest BCUT2D eigenvalue weighted by molar-refractivity contribution is -0.143. The summed E-state index contributed by atoms with van der Waals surface area (Å²) in [6.45, 7) is 13.6. The fourth-order valence-corrected chi connectivity index (χ4v) is 1.03. The minimum atomic E-state index is -0.262. The number of carbonyl (C=O) groups excluding carboxylic acids is 5. The highest BCUT2D eigenvalue weighted by molar-refractivity contribution is 5.66. The maximum absolute atomic E-state index is 10.0. The average Bonchev–Trinajstić information content (AvgIpc) is 2.78. The van der Waals surface area contributed by atoms with E-state index in [4.69, 9.17) is 0 Å². The number of hydrogen-bond acceptors (Lipinski definition) is 12. The van der Waals surface area contributed by atoms with Gasteiger partial charge in [-0.2, -0.15) is 0 Å². The van der Waals surface area contributed by atoms with E-state index in [1.54, 1.807) is 14.2 Å². The van der Waals surface area contributed by atoms with Gasteiger partial charge in [0.15, 0.2) is 0 Å². The largest absolute Gasteiger partial charge is 0.469 e. The molecule has 0 unspecified atom stereocenters. The molecular weight excluding hydrogens is 516 g/mol. The highest BCUT2D eigenvalue weighted by Gasteiger charge is 1.89. The lowest BCUT2D eigenvalue weighted by atomic mass is 10.5. The highest BCUT2D eigenvalue weighted by atomic mass is 16.6. The number of esters is 5. The van der Waals surface area contributed by atoms with Gasteiger partial charge in [0.1, 0.15) is 13.2 Å². The lowest BCUT2D eigenvalue weighted by Gasteiger charge is -1.97. The number of carbonyl (C=O) groups is 5. The molecule has 0 aromatic heterocycles. The monoisotopic (exact) mass is 578 g/mol. The molecule has 0 spiro atoms. The Bertz CT molecular complexity index is 471. The van der Waals surface area contributed by atoms with Crippen LogP contribution < -0.4 is 0 Å². The van der Waals surface area contributed by atoms with Gasteiger partial charge in [0.25, 0.3) is 0 Å². The minimum Gasteiger partial charge on any atom is -0.469 e. The molecule has 0 heterocycles. The zero-order valence-electron chi connectivity index (χ0n) is 23.1. The number of hydrogen-bond donors (Lipinski definition) is 0. The highest BCUT2D eigenvalue weighted by Crippen LogP contribution is 1.79. The van der Waals surface area contributed by atoms with Gasteiger partial charge >= 0.3 is 29.8 Å². The Balaban J connectivity index is -0.0000000405. The number of rotatable bonds is 10. The van der Waals surface area contributed by atoms with E-state index in [1.165, 1.54) is 41.7 Å². The van der Waals surface area contributed by atoms with Gasteiger partial charge in [-0.1, -0.05) is 43.6 Å². The van der Waals surface area contributed by atoms with Crippen LogP contribution in [0.4, 0.5) is 0 Å². The van der Waals surface area contributed by atoms with Crippen LogP contribution in [0, 0.1) is 0 Å². The van der Waals surface area contributed by atoms with E-state index < -0.39 is 0 Å². The van der Waals surface area contributed by atoms with Crippen molar-refractivity contribution in [3.63, 3.8) is 0 Å². The van der Waals surface area contributed by atoms with Crippen LogP contribution in [0.15, 0.2) is 0 Å². The molecular formula is C27H62O12. The van der Waals surface area contributed by atoms with E-state index in [1.807, 2.05) is 13.8 Å². The Kier molecular flexibility index (Phi) is 86.7. The summed E-state index contributed by atoms with van der Waals surface area (Å²) in [7, 11) is 4.47. The second kappa shape index (κ2) is 55.7. The summed E-state index contributed by atoms with van der Waals surface area (Å²) < 4.78 is 31.5. The predicted molar refractivity (Wildman–Crippen MR) is 155 cm³/mol. The molecule has 0 saturated carbocycles. The third-order valence-corrected chi connectivity index (χ3v) is 2.49. The van der Waals surface area contributed by atoms with Crippen LogP contribution in [0.5, 0.6) is 0 Å². The molecule has 0 aliphatic rings. The summed E-state index contributed by atoms with van der Waals surface area (Å²) in [5.74, 6) is -1.15. The van der Waals surface area contributed by atoms with Crippen molar-refractivity contribution in [1.82, 2.24) is 0 Å². The molecule has 242 valence electrons. The summed E-state index contributed by atoms with van der Waals surface area (Å²) in [5, 5.41) is 0. The summed E-state index contributed by atoms with van der Waals surface area (Å²) in [6, 6.07) is 0. The fraction of sp³-hybridized carbons (Fsp3) is 0.815. The zero-order chi connectivity index (χ0) is 28.5. The summed E-state index contributed by atoms with van der Waals surface area (Å²) in [4.78, 5) is 49.6. The molecule has 0 atom stereocenters. The van der Waals surface area contributed by atoms with Crippen molar-refractivity contribution < 1.29 is 57.1 Å². The van der Waals surface area contributed by atoms with Gasteiger partial charge < -0.3 is 33.2 Å². The van der Waals surface area contributed by atoms with E-state index >= 15 is 0 Å². The molecule has 0 aromatic carbocycles. The van der Waals surface area contributed by atoms with Crippen molar-refractivity contribution in [3.8, 4) is 0 Å². The van der Waals surface area contributed by atoms with Crippen LogP contribution in [0.2, 0.25) is 0 Å². The van der Waals surface area contributed by atoms with E-state index in [0.29, 0.717) is 39.6 Å². The van der Waals surface area contributed by atoms with Crippen molar-refractivity contribution in [1.29, 1.82) is 0 Å². The molecule has 0 bridgehead atoms. The Morgan fingerprint density at radius 2 is 0.615 bits per heavy atom. The smallest absolute Gasteiger partial charge is 0.302 e. The quantitative estimate of drug-likeness (QED) is 0.194. The molecule has 0 amide bonds. The molecule has 12 heteroatoms. The molecule has 0 aliphatic heterocycles. The van der Waals surface area contributed by atoms with Crippen LogP contribution in [-0.2, 0) is 57.1 Å². The van der Waals surface area contributed by atoms with Gasteiger partial charge in [-0.25, -0.2) is 0 Å². The van der Waals surface area contributed by atoms with Gasteiger partial charge in [-0.3, -0.25) is 24.0 Å². The Morgan fingerprint density at radius 3 is 0.718 bits per heavy atom. The van der Waals surface area contributed by atoms with Crippen LogP contribution in [0.3, 0.4) is 0 Å². The topological polar surface area (TPSA) is 150 Å². The van der Waals surface area contributed by atoms with Crippen LogP contribution in [-0.4, -0.2) is 90.8 Å². The van der Waals surface area contributed by atoms with Gasteiger partial charge in [0, 0.05) is 48.8 Å². The van der Waals surface area contributed by atoms with Crippen molar-refractivity contribution >= 4 is 29.8 Å². The fourth-order valence-electron chi connectivity index (χ4n) is 1.03. The minimum absolute atomic E-state index is 0. The molecule has 39 heavy (non-hydrogen) atoms. The first-order valence-electron chi connectivity index (χ1n) is 10.9. The lowest BCUT2D eigenvalue weighted by Crippen LogP contribution is -2.05. The van der Waals surface area contributed by atoms with Crippen molar-refractivity contribution in [2.24, 2.45) is 0 Å². The second-order valence-corrected chi connectivity index (χ2v) is 6.04. The van der Waals surface area contributed by atoms with E-state index in [9.17, 15) is 24.0 Å². The first-order chi connectivity index (χ1) is 16.4. The molecule has 0 fully saturated rings. The van der Waals surface area contributed by atoms with Crippen molar-refractivity contribution in [2.45, 2.75) is 91.0 Å². The molecule has 0 rings (SSSR count). The third-order valence-electron chi connectivity index (χ3n) is 2.49.